The van der Waals surface area contributed by atoms with E-state index in [1.54, 1.807) is 35.1 Å². The number of hydrogen-bond donors (Lipinski definition) is 1. The average molecular weight is 414 g/mol. The number of alkyl halides is 3. The Balaban J connectivity index is 1.62. The van der Waals surface area contributed by atoms with Crippen molar-refractivity contribution < 1.29 is 23.0 Å². The van der Waals surface area contributed by atoms with Crippen LogP contribution in [0.15, 0.2) is 61.2 Å². The summed E-state index contributed by atoms with van der Waals surface area (Å²) in [6.45, 7) is -2.08. The van der Waals surface area contributed by atoms with Gasteiger partial charge in [0.25, 0.3) is 0 Å². The minimum absolute atomic E-state index is 0.199. The number of rotatable bonds is 7. The van der Waals surface area contributed by atoms with Gasteiger partial charge in [0.1, 0.15) is 6.61 Å². The maximum Gasteiger partial charge on any atom is 0.301 e. The normalized spacial score (nSPS) is 11.7. The Labute approximate surface area is 169 Å². The number of halogens is 3. The Morgan fingerprint density at radius 2 is 1.97 bits per heavy atom. The van der Waals surface area contributed by atoms with Gasteiger partial charge in [-0.15, -0.1) is 0 Å². The van der Waals surface area contributed by atoms with Gasteiger partial charge >= 0.3 is 5.92 Å². The molecule has 154 valence electrons. The number of fused-ring (bicyclic) bond motifs is 1. The van der Waals surface area contributed by atoms with Crippen molar-refractivity contribution >= 4 is 5.78 Å². The van der Waals surface area contributed by atoms with Crippen LogP contribution in [-0.4, -0.2) is 31.1 Å². The molecule has 0 saturated carbocycles. The summed E-state index contributed by atoms with van der Waals surface area (Å²) in [5.74, 6) is -2.69. The van der Waals surface area contributed by atoms with Crippen LogP contribution >= 0.6 is 0 Å². The molecule has 3 heterocycles. The van der Waals surface area contributed by atoms with E-state index in [9.17, 15) is 18.3 Å². The summed E-state index contributed by atoms with van der Waals surface area (Å²) in [6.07, 6.45) is 6.62. The highest BCUT2D eigenvalue weighted by Crippen LogP contribution is 2.33. The molecule has 0 saturated heterocycles. The largest absolute Gasteiger partial charge is 0.471 e. The van der Waals surface area contributed by atoms with Gasteiger partial charge in [-0.3, -0.25) is 4.40 Å². The number of pyridine rings is 1. The Morgan fingerprint density at radius 1 is 1.10 bits per heavy atom. The maximum absolute atomic E-state index is 13.6. The second-order valence-electron chi connectivity index (χ2n) is 6.61. The predicted molar refractivity (Wildman–Crippen MR) is 103 cm³/mol. The number of benzene rings is 1. The molecular formula is C21H17F3N4O2. The van der Waals surface area contributed by atoms with E-state index < -0.39 is 24.8 Å². The van der Waals surface area contributed by atoms with E-state index in [4.69, 9.17) is 4.74 Å². The fraction of sp³-hybridized carbons (Fsp3) is 0.190. The molecule has 1 N–H and O–H groups in total. The number of nitrogens with zero attached hydrogens (tertiary/aromatic N) is 4. The third-order valence-electron chi connectivity index (χ3n) is 4.54. The summed E-state index contributed by atoms with van der Waals surface area (Å²) < 4.78 is 47.2. The summed E-state index contributed by atoms with van der Waals surface area (Å²) in [7, 11) is 0. The quantitative estimate of drug-likeness (QED) is 0.496. The molecule has 0 radical (unpaired) electrons. The van der Waals surface area contributed by atoms with E-state index >= 15 is 0 Å². The number of aliphatic hydroxyl groups excluding tert-OH is 1. The van der Waals surface area contributed by atoms with Gasteiger partial charge in [-0.1, -0.05) is 18.2 Å². The molecular weight excluding hydrogens is 397 g/mol. The van der Waals surface area contributed by atoms with Crippen molar-refractivity contribution in [2.24, 2.45) is 0 Å². The van der Waals surface area contributed by atoms with Crippen LogP contribution in [-0.2, 0) is 19.1 Å². The van der Waals surface area contributed by atoms with Crippen LogP contribution in [0.4, 0.5) is 13.2 Å². The number of ether oxygens (including phenoxy) is 1. The van der Waals surface area contributed by atoms with Gasteiger partial charge in [-0.25, -0.2) is 19.3 Å². The van der Waals surface area contributed by atoms with Gasteiger partial charge in [0, 0.05) is 42.0 Å². The molecule has 0 amide bonds. The van der Waals surface area contributed by atoms with Gasteiger partial charge in [0.15, 0.2) is 6.67 Å². The third kappa shape index (κ3) is 3.97. The Morgan fingerprint density at radius 3 is 2.70 bits per heavy atom. The first kappa shape index (κ1) is 19.8. The van der Waals surface area contributed by atoms with E-state index in [-0.39, 0.29) is 12.2 Å². The summed E-state index contributed by atoms with van der Waals surface area (Å²) >= 11 is 0. The number of aromatic nitrogens is 4. The topological polar surface area (TPSA) is 72.5 Å². The van der Waals surface area contributed by atoms with Crippen molar-refractivity contribution in [3.63, 3.8) is 0 Å². The maximum atomic E-state index is 13.6. The smallest absolute Gasteiger partial charge is 0.301 e. The van der Waals surface area contributed by atoms with Crippen molar-refractivity contribution in [2.45, 2.75) is 19.1 Å². The molecule has 9 heteroatoms. The molecule has 0 unspecified atom stereocenters. The van der Waals surface area contributed by atoms with Crippen LogP contribution in [0.5, 0.6) is 5.88 Å². The second-order valence-corrected chi connectivity index (χ2v) is 6.61. The monoisotopic (exact) mass is 414 g/mol. The van der Waals surface area contributed by atoms with Crippen LogP contribution in [0.2, 0.25) is 0 Å². The molecule has 0 bridgehead atoms. The molecule has 4 rings (SSSR count). The van der Waals surface area contributed by atoms with Crippen LogP contribution < -0.4 is 4.74 Å². The fourth-order valence-corrected chi connectivity index (χ4v) is 3.03. The second kappa shape index (κ2) is 8.11. The third-order valence-corrected chi connectivity index (χ3v) is 4.54. The van der Waals surface area contributed by atoms with E-state index in [1.807, 2.05) is 6.07 Å². The molecule has 3 aromatic heterocycles. The van der Waals surface area contributed by atoms with Gasteiger partial charge in [0.2, 0.25) is 11.7 Å². The SMILES string of the molecule is OCc1cc(C(F)(F)CF)ccc1-c1cnc2nc(COc3ccccn3)cn2c1. The lowest BCUT2D eigenvalue weighted by Gasteiger charge is -2.15. The van der Waals surface area contributed by atoms with E-state index in [0.29, 0.717) is 28.5 Å². The molecule has 0 spiro atoms. The van der Waals surface area contributed by atoms with Crippen LogP contribution in [0.25, 0.3) is 16.9 Å². The lowest BCUT2D eigenvalue weighted by atomic mass is 9.97. The minimum Gasteiger partial charge on any atom is -0.471 e. The standard InChI is InChI=1S/C21H17F3N4O2/c22-13-21(23,24)16-4-5-18(14(7-16)11-29)15-8-26-20-27-17(10-28(20)9-15)12-30-19-3-1-2-6-25-19/h1-10,29H,11-13H2. The van der Waals surface area contributed by atoms with Crippen molar-refractivity contribution in [1.82, 2.24) is 19.4 Å². The minimum atomic E-state index is -3.60. The number of hydrogen-bond acceptors (Lipinski definition) is 5. The molecule has 30 heavy (non-hydrogen) atoms. The zero-order valence-electron chi connectivity index (χ0n) is 15.7. The van der Waals surface area contributed by atoms with Gasteiger partial charge < -0.3 is 9.84 Å². The highest BCUT2D eigenvalue weighted by molar-refractivity contribution is 5.67. The lowest BCUT2D eigenvalue weighted by Crippen LogP contribution is -2.16. The molecule has 0 fully saturated rings. The average Bonchev–Trinajstić information content (AvgIpc) is 3.20. The van der Waals surface area contributed by atoms with Gasteiger partial charge in [-0.2, -0.15) is 8.78 Å². The highest BCUT2D eigenvalue weighted by Gasteiger charge is 2.32. The first-order chi connectivity index (χ1) is 14.5. The first-order valence-electron chi connectivity index (χ1n) is 9.06. The Bertz CT molecular complexity index is 1170. The van der Waals surface area contributed by atoms with Crippen molar-refractivity contribution in [1.29, 1.82) is 0 Å². The molecule has 0 aliphatic carbocycles. The lowest BCUT2D eigenvalue weighted by molar-refractivity contribution is -0.0281. The summed E-state index contributed by atoms with van der Waals surface area (Å²) in [6, 6.07) is 9.02. The van der Waals surface area contributed by atoms with Crippen LogP contribution in [0.3, 0.4) is 0 Å². The molecule has 4 aromatic rings. The van der Waals surface area contributed by atoms with Crippen molar-refractivity contribution in [3.8, 4) is 17.0 Å². The zero-order valence-corrected chi connectivity index (χ0v) is 15.7. The highest BCUT2D eigenvalue weighted by atomic mass is 19.3. The molecule has 0 aliphatic heterocycles. The predicted octanol–water partition coefficient (Wildman–Crippen LogP) is 3.92. The first-order valence-corrected chi connectivity index (χ1v) is 9.06. The van der Waals surface area contributed by atoms with E-state index in [0.717, 1.165) is 12.1 Å². The van der Waals surface area contributed by atoms with Crippen LogP contribution in [0, 0.1) is 0 Å². The van der Waals surface area contributed by atoms with E-state index in [2.05, 4.69) is 15.0 Å². The fourth-order valence-electron chi connectivity index (χ4n) is 3.03. The molecule has 1 aromatic carbocycles. The van der Waals surface area contributed by atoms with Crippen molar-refractivity contribution in [3.05, 3.63) is 78.0 Å². The van der Waals surface area contributed by atoms with Crippen molar-refractivity contribution in [2.75, 3.05) is 6.67 Å². The Hall–Kier alpha value is -3.46. The Kier molecular flexibility index (Phi) is 5.37. The summed E-state index contributed by atoms with van der Waals surface area (Å²) in [5, 5.41) is 9.64. The molecule has 6 nitrogen and oxygen atoms in total. The van der Waals surface area contributed by atoms with E-state index in [1.165, 1.54) is 12.3 Å². The summed E-state index contributed by atoms with van der Waals surface area (Å²) in [5.41, 5.74) is 1.51. The molecule has 0 aliphatic rings. The molecule has 0 atom stereocenters. The summed E-state index contributed by atoms with van der Waals surface area (Å²) in [4.78, 5) is 12.7. The number of aliphatic hydroxyl groups is 1. The zero-order chi connectivity index (χ0) is 21.1. The van der Waals surface area contributed by atoms with Gasteiger partial charge in [-0.05, 0) is 23.3 Å². The van der Waals surface area contributed by atoms with Gasteiger partial charge in [0.05, 0.1) is 12.3 Å². The van der Waals surface area contributed by atoms with Crippen LogP contribution in [0.1, 0.15) is 16.8 Å². The number of imidazole rings is 1.